The Bertz CT molecular complexity index is 960. The number of aryl methyl sites for hydroxylation is 2. The highest BCUT2D eigenvalue weighted by molar-refractivity contribution is 7.89. The molecule has 3 aromatic rings. The summed E-state index contributed by atoms with van der Waals surface area (Å²) in [6, 6.07) is 14.3. The van der Waals surface area contributed by atoms with Crippen molar-refractivity contribution in [1.29, 1.82) is 0 Å². The Morgan fingerprint density at radius 1 is 1.12 bits per heavy atom. The lowest BCUT2D eigenvalue weighted by Gasteiger charge is -2.12. The van der Waals surface area contributed by atoms with Crippen molar-refractivity contribution in [2.75, 3.05) is 6.54 Å². The third-order valence-electron chi connectivity index (χ3n) is 4.08. The Balaban J connectivity index is 1.79. The number of rotatable bonds is 5. The molecule has 0 bridgehead atoms. The van der Waals surface area contributed by atoms with E-state index in [9.17, 15) is 13.5 Å². The molecule has 0 aliphatic heterocycles. The fourth-order valence-electron chi connectivity index (χ4n) is 2.74. The molecule has 1 unspecified atom stereocenters. The van der Waals surface area contributed by atoms with E-state index in [-0.39, 0.29) is 11.4 Å². The predicted molar refractivity (Wildman–Crippen MR) is 94.2 cm³/mol. The number of aliphatic hydroxyl groups excluding tert-OH is 1. The topological polar surface area (TPSA) is 71.3 Å². The fraction of sp³-hybridized carbons (Fsp3) is 0.222. The number of sulfonamides is 1. The quantitative estimate of drug-likeness (QED) is 0.747. The molecule has 0 saturated carbocycles. The van der Waals surface area contributed by atoms with E-state index in [1.165, 1.54) is 0 Å². The molecule has 24 heavy (non-hydrogen) atoms. The van der Waals surface area contributed by atoms with Gasteiger partial charge in [0.25, 0.3) is 0 Å². The van der Waals surface area contributed by atoms with Gasteiger partial charge in [0, 0.05) is 36.3 Å². The van der Waals surface area contributed by atoms with Crippen molar-refractivity contribution >= 4 is 20.9 Å². The number of aliphatic hydroxyl groups is 1. The molecule has 0 radical (unpaired) electrons. The summed E-state index contributed by atoms with van der Waals surface area (Å²) >= 11 is 0. The zero-order chi connectivity index (χ0) is 17.3. The Labute approximate surface area is 141 Å². The van der Waals surface area contributed by atoms with Crippen LogP contribution in [-0.4, -0.2) is 24.6 Å². The first kappa shape index (κ1) is 16.7. The molecular weight excluding hydrogens is 324 g/mol. The van der Waals surface area contributed by atoms with Crippen LogP contribution in [0.5, 0.6) is 0 Å². The summed E-state index contributed by atoms with van der Waals surface area (Å²) in [7, 11) is -1.75. The molecular formula is C18H20N2O3S. The lowest BCUT2D eigenvalue weighted by molar-refractivity contribution is 0.183. The minimum Gasteiger partial charge on any atom is -0.387 e. The van der Waals surface area contributed by atoms with Crippen LogP contribution in [0.25, 0.3) is 10.9 Å². The first-order chi connectivity index (χ1) is 11.4. The van der Waals surface area contributed by atoms with Gasteiger partial charge in [-0.2, -0.15) is 0 Å². The third-order valence-corrected chi connectivity index (χ3v) is 5.52. The van der Waals surface area contributed by atoms with Gasteiger partial charge in [0.1, 0.15) is 0 Å². The van der Waals surface area contributed by atoms with Crippen LogP contribution in [0.1, 0.15) is 17.2 Å². The molecule has 126 valence electrons. The van der Waals surface area contributed by atoms with Crippen LogP contribution in [0.15, 0.2) is 59.6 Å². The van der Waals surface area contributed by atoms with E-state index in [2.05, 4.69) is 4.72 Å². The summed E-state index contributed by atoms with van der Waals surface area (Å²) in [5.41, 5.74) is 2.69. The van der Waals surface area contributed by atoms with Crippen LogP contribution >= 0.6 is 0 Å². The average molecular weight is 344 g/mol. The van der Waals surface area contributed by atoms with Gasteiger partial charge in [0.05, 0.1) is 11.0 Å². The molecule has 2 N–H and O–H groups in total. The number of hydrogen-bond acceptors (Lipinski definition) is 3. The van der Waals surface area contributed by atoms with Crippen molar-refractivity contribution in [1.82, 2.24) is 9.29 Å². The Hall–Kier alpha value is -2.15. The number of nitrogens with one attached hydrogen (secondary N) is 1. The molecule has 1 atom stereocenters. The number of fused-ring (bicyclic) bond motifs is 1. The second-order valence-corrected chi connectivity index (χ2v) is 7.66. The third kappa shape index (κ3) is 3.21. The maximum absolute atomic E-state index is 12.3. The van der Waals surface area contributed by atoms with Crippen LogP contribution in [0, 0.1) is 6.92 Å². The molecule has 0 amide bonds. The molecule has 0 aliphatic rings. The van der Waals surface area contributed by atoms with Crippen molar-refractivity contribution in [2.45, 2.75) is 17.9 Å². The van der Waals surface area contributed by atoms with Gasteiger partial charge in [-0.15, -0.1) is 0 Å². The van der Waals surface area contributed by atoms with E-state index >= 15 is 0 Å². The van der Waals surface area contributed by atoms with Crippen LogP contribution in [0.2, 0.25) is 0 Å². The van der Waals surface area contributed by atoms with Gasteiger partial charge < -0.3 is 9.67 Å². The molecule has 3 rings (SSSR count). The number of benzene rings is 2. The normalized spacial score (nSPS) is 13.3. The lowest BCUT2D eigenvalue weighted by Crippen LogP contribution is -2.28. The van der Waals surface area contributed by atoms with E-state index < -0.39 is 16.1 Å². The second kappa shape index (κ2) is 6.39. The Morgan fingerprint density at radius 2 is 1.79 bits per heavy atom. The summed E-state index contributed by atoms with van der Waals surface area (Å²) in [4.78, 5) is 0.193. The Kier molecular flexibility index (Phi) is 4.45. The number of para-hydroxylation sites is 1. The van der Waals surface area contributed by atoms with E-state index in [1.54, 1.807) is 24.3 Å². The minimum atomic E-state index is -3.64. The zero-order valence-corrected chi connectivity index (χ0v) is 14.4. The van der Waals surface area contributed by atoms with Gasteiger partial charge in [-0.25, -0.2) is 13.1 Å². The first-order valence-electron chi connectivity index (χ1n) is 7.67. The van der Waals surface area contributed by atoms with Crippen molar-refractivity contribution in [3.63, 3.8) is 0 Å². The summed E-state index contributed by atoms with van der Waals surface area (Å²) < 4.78 is 29.0. The van der Waals surface area contributed by atoms with Crippen LogP contribution in [0.4, 0.5) is 0 Å². The highest BCUT2D eigenvalue weighted by Crippen LogP contribution is 2.25. The predicted octanol–water partition coefficient (Wildman–Crippen LogP) is 2.50. The minimum absolute atomic E-state index is 0.0791. The van der Waals surface area contributed by atoms with Gasteiger partial charge in [0.15, 0.2) is 0 Å². The maximum Gasteiger partial charge on any atom is 0.240 e. The zero-order valence-electron chi connectivity index (χ0n) is 13.6. The van der Waals surface area contributed by atoms with Gasteiger partial charge >= 0.3 is 0 Å². The summed E-state index contributed by atoms with van der Waals surface area (Å²) in [6.07, 6.45) is 0.909. The standard InChI is InChI=1S/C18H20N2O3S/c1-13-7-9-14(10-8-13)24(22,23)19-11-18(21)16-12-20(2)17-6-4-3-5-15(16)17/h3-10,12,18-19,21H,11H2,1-2H3. The molecule has 0 spiro atoms. The van der Waals surface area contributed by atoms with Crippen molar-refractivity contribution < 1.29 is 13.5 Å². The van der Waals surface area contributed by atoms with E-state index in [4.69, 9.17) is 0 Å². The van der Waals surface area contributed by atoms with Crippen molar-refractivity contribution in [2.24, 2.45) is 7.05 Å². The Morgan fingerprint density at radius 3 is 2.50 bits per heavy atom. The smallest absolute Gasteiger partial charge is 0.240 e. The van der Waals surface area contributed by atoms with E-state index in [0.717, 1.165) is 16.5 Å². The van der Waals surface area contributed by atoms with Gasteiger partial charge in [-0.1, -0.05) is 35.9 Å². The molecule has 0 fully saturated rings. The molecule has 0 aliphatic carbocycles. The largest absolute Gasteiger partial charge is 0.387 e. The monoisotopic (exact) mass is 344 g/mol. The fourth-order valence-corrected chi connectivity index (χ4v) is 3.78. The van der Waals surface area contributed by atoms with Crippen LogP contribution in [0.3, 0.4) is 0 Å². The molecule has 1 aromatic heterocycles. The maximum atomic E-state index is 12.3. The first-order valence-corrected chi connectivity index (χ1v) is 9.15. The van der Waals surface area contributed by atoms with Crippen molar-refractivity contribution in [3.05, 3.63) is 65.9 Å². The average Bonchev–Trinajstić information content (AvgIpc) is 2.91. The SMILES string of the molecule is Cc1ccc(S(=O)(=O)NCC(O)c2cn(C)c3ccccc23)cc1. The number of aromatic nitrogens is 1. The van der Waals surface area contributed by atoms with E-state index in [0.29, 0.717) is 5.56 Å². The summed E-state index contributed by atoms with van der Waals surface area (Å²) in [6.45, 7) is 1.82. The van der Waals surface area contributed by atoms with Crippen LogP contribution < -0.4 is 4.72 Å². The molecule has 1 heterocycles. The molecule has 5 nitrogen and oxygen atoms in total. The van der Waals surface area contributed by atoms with E-state index in [1.807, 2.05) is 49.0 Å². The number of nitrogens with zero attached hydrogens (tertiary/aromatic N) is 1. The van der Waals surface area contributed by atoms with Crippen molar-refractivity contribution in [3.8, 4) is 0 Å². The number of hydrogen-bond donors (Lipinski definition) is 2. The molecule has 6 heteroatoms. The second-order valence-electron chi connectivity index (χ2n) is 5.89. The highest BCUT2D eigenvalue weighted by Gasteiger charge is 2.19. The molecule has 0 saturated heterocycles. The van der Waals surface area contributed by atoms with Crippen LogP contribution in [-0.2, 0) is 17.1 Å². The lowest BCUT2D eigenvalue weighted by atomic mass is 10.1. The van der Waals surface area contributed by atoms with Gasteiger partial charge in [0.2, 0.25) is 10.0 Å². The summed E-state index contributed by atoms with van der Waals surface area (Å²) in [5.74, 6) is 0. The molecule has 2 aromatic carbocycles. The van der Waals surface area contributed by atoms with Gasteiger partial charge in [-0.3, -0.25) is 0 Å². The van der Waals surface area contributed by atoms with Gasteiger partial charge in [-0.05, 0) is 25.1 Å². The summed E-state index contributed by atoms with van der Waals surface area (Å²) in [5, 5.41) is 11.4. The highest BCUT2D eigenvalue weighted by atomic mass is 32.2.